The van der Waals surface area contributed by atoms with E-state index >= 15 is 0 Å². The molecule has 2 aromatic heterocycles. The largest absolute Gasteiger partial charge is 0.352 e. The van der Waals surface area contributed by atoms with Crippen LogP contribution in [0.25, 0.3) is 0 Å². The molecule has 2 aromatic carbocycles. The highest BCUT2D eigenvalue weighted by molar-refractivity contribution is 5.85. The van der Waals surface area contributed by atoms with Gasteiger partial charge in [-0.25, -0.2) is 9.97 Å². The summed E-state index contributed by atoms with van der Waals surface area (Å²) in [5, 5.41) is 6.35. The molecule has 6 rings (SSSR count). The average molecular weight is 724 g/mol. The molecule has 0 atom stereocenters. The molecule has 2 aliphatic heterocycles. The van der Waals surface area contributed by atoms with E-state index in [1.165, 1.54) is 0 Å². The number of Topliss-reactive ketones (excluding diaryl/α,β-unsaturated/α-hetero) is 1. The quantitative estimate of drug-likeness (QED) is 0.146. The molecular weight excluding hydrogens is 675 g/mol. The Hall–Kier alpha value is -4.03. The Morgan fingerprint density at radius 3 is 1.38 bits per heavy atom. The summed E-state index contributed by atoms with van der Waals surface area (Å²) in [6.07, 6.45) is 8.12. The second kappa shape index (κ2) is 19.4. The lowest BCUT2D eigenvalue weighted by atomic mass is 9.81. The summed E-state index contributed by atoms with van der Waals surface area (Å²) in [4.78, 5) is 57.9. The highest BCUT2D eigenvalue weighted by Gasteiger charge is 2.32. The third kappa shape index (κ3) is 11.0. The number of benzene rings is 2. The molecule has 50 heavy (non-hydrogen) atoms. The number of aromatic amines is 2. The first kappa shape index (κ1) is 38.8. The molecule has 4 heterocycles. The highest BCUT2D eigenvalue weighted by atomic mass is 35.5. The molecule has 4 aromatic rings. The number of nitrogens with one attached hydrogen (secondary N) is 4. The van der Waals surface area contributed by atoms with Crippen LogP contribution in [0.1, 0.15) is 47.9 Å². The minimum atomic E-state index is -0.106. The first-order chi connectivity index (χ1) is 23.5. The lowest BCUT2D eigenvalue weighted by Gasteiger charge is -2.36. The molecule has 0 spiro atoms. The number of carbonyl (C=O) groups is 1. The van der Waals surface area contributed by atoms with Crippen LogP contribution in [-0.2, 0) is 30.7 Å². The van der Waals surface area contributed by atoms with Crippen molar-refractivity contribution in [3.63, 3.8) is 0 Å². The van der Waals surface area contributed by atoms with Crippen LogP contribution in [0.5, 0.6) is 0 Å². The van der Waals surface area contributed by atoms with Crippen LogP contribution in [0, 0.1) is 11.8 Å². The minimum absolute atomic E-state index is 0. The summed E-state index contributed by atoms with van der Waals surface area (Å²) in [7, 11) is 0. The molecule has 0 amide bonds. The number of aromatic nitrogens is 4. The zero-order valence-electron chi connectivity index (χ0n) is 28.3. The molecular formula is C37H48Cl2N8O3. The molecule has 4 N–H and O–H groups in total. The third-order valence-electron chi connectivity index (χ3n) is 9.73. The number of halogens is 2. The van der Waals surface area contributed by atoms with Gasteiger partial charge in [0.1, 0.15) is 5.78 Å². The number of piperidine rings is 2. The predicted molar refractivity (Wildman–Crippen MR) is 202 cm³/mol. The van der Waals surface area contributed by atoms with Crippen LogP contribution >= 0.6 is 24.8 Å². The molecule has 0 radical (unpaired) electrons. The maximum atomic E-state index is 13.4. The van der Waals surface area contributed by atoms with Crippen molar-refractivity contribution in [1.29, 1.82) is 0 Å². The number of anilines is 2. The monoisotopic (exact) mass is 722 g/mol. The van der Waals surface area contributed by atoms with Gasteiger partial charge >= 0.3 is 0 Å². The topological polar surface area (TPSA) is 139 Å². The normalized spacial score (nSPS) is 15.8. The zero-order valence-corrected chi connectivity index (χ0v) is 29.9. The van der Waals surface area contributed by atoms with Crippen LogP contribution in [0.15, 0.2) is 82.6 Å². The summed E-state index contributed by atoms with van der Waals surface area (Å²) in [5.74, 6) is 1.62. The van der Waals surface area contributed by atoms with Gasteiger partial charge in [0, 0.05) is 61.5 Å². The van der Waals surface area contributed by atoms with Crippen molar-refractivity contribution in [2.75, 3.05) is 49.9 Å². The summed E-state index contributed by atoms with van der Waals surface area (Å²) >= 11 is 0. The number of nitrogens with zero attached hydrogens (tertiary/aromatic N) is 4. The highest BCUT2D eigenvalue weighted by Crippen LogP contribution is 2.27. The molecule has 13 heteroatoms. The summed E-state index contributed by atoms with van der Waals surface area (Å²) in [6, 6.07) is 20.0. The number of ketones is 1. The number of H-pyrrole nitrogens is 2. The maximum absolute atomic E-state index is 13.4. The smallest absolute Gasteiger partial charge is 0.255 e. The fourth-order valence-corrected chi connectivity index (χ4v) is 6.71. The van der Waals surface area contributed by atoms with Crippen molar-refractivity contribution < 1.29 is 4.79 Å². The van der Waals surface area contributed by atoms with Crippen molar-refractivity contribution in [3.8, 4) is 0 Å². The molecule has 0 saturated carbocycles. The zero-order chi connectivity index (χ0) is 33.1. The summed E-state index contributed by atoms with van der Waals surface area (Å²) in [5.41, 5.74) is 3.39. The van der Waals surface area contributed by atoms with Gasteiger partial charge in [-0.2, -0.15) is 0 Å². The second-order valence-electron chi connectivity index (χ2n) is 13.0. The maximum Gasteiger partial charge on any atom is 0.255 e. The van der Waals surface area contributed by atoms with Gasteiger partial charge in [0.25, 0.3) is 11.1 Å². The van der Waals surface area contributed by atoms with Gasteiger partial charge in [-0.05, 0) is 75.8 Å². The van der Waals surface area contributed by atoms with Crippen molar-refractivity contribution >= 4 is 42.5 Å². The van der Waals surface area contributed by atoms with E-state index in [2.05, 4.69) is 40.4 Å². The first-order valence-electron chi connectivity index (χ1n) is 17.2. The summed E-state index contributed by atoms with van der Waals surface area (Å²) < 4.78 is 0. The van der Waals surface area contributed by atoms with Crippen LogP contribution in [0.2, 0.25) is 0 Å². The van der Waals surface area contributed by atoms with Gasteiger partial charge in [-0.3, -0.25) is 24.4 Å². The fourth-order valence-electron chi connectivity index (χ4n) is 6.71. The number of rotatable bonds is 14. The van der Waals surface area contributed by atoms with Gasteiger partial charge in [-0.15, -0.1) is 24.8 Å². The summed E-state index contributed by atoms with van der Waals surface area (Å²) in [6.45, 7) is 6.26. The van der Waals surface area contributed by atoms with E-state index in [1.807, 2.05) is 60.7 Å². The Bertz CT molecular complexity index is 1610. The molecule has 0 unspecified atom stereocenters. The van der Waals surface area contributed by atoms with E-state index in [4.69, 9.17) is 0 Å². The van der Waals surface area contributed by atoms with Crippen molar-refractivity contribution in [1.82, 2.24) is 29.7 Å². The average Bonchev–Trinajstić information content (AvgIpc) is 3.13. The minimum Gasteiger partial charge on any atom is -0.352 e. The molecule has 11 nitrogen and oxygen atoms in total. The Morgan fingerprint density at radius 1 is 0.640 bits per heavy atom. The number of hydrogen-bond acceptors (Lipinski definition) is 9. The van der Waals surface area contributed by atoms with E-state index in [9.17, 15) is 14.4 Å². The third-order valence-corrected chi connectivity index (χ3v) is 9.73. The Morgan fingerprint density at radius 2 is 1.02 bits per heavy atom. The molecule has 2 saturated heterocycles. The van der Waals surface area contributed by atoms with Crippen molar-refractivity contribution in [3.05, 3.63) is 116 Å². The predicted octanol–water partition coefficient (Wildman–Crippen LogP) is 4.70. The van der Waals surface area contributed by atoms with Gasteiger partial charge in [-0.1, -0.05) is 60.7 Å². The lowest BCUT2D eigenvalue weighted by Crippen LogP contribution is -2.42. The fraction of sp³-hybridized carbons (Fsp3) is 0.432. The number of likely N-dealkylation sites (tertiary alicyclic amines) is 2. The van der Waals surface area contributed by atoms with Crippen LogP contribution in [0.4, 0.5) is 11.9 Å². The SMILES string of the molecule is Cl.Cl.O=C(C1CCN(CCc2cnc(NCc3ccccc3)[nH]c2=O)CC1)C1CCN(CCc2cnc(NCc3ccccc3)[nH]c2=O)CC1. The van der Waals surface area contributed by atoms with Gasteiger partial charge < -0.3 is 20.4 Å². The van der Waals surface area contributed by atoms with E-state index in [0.717, 1.165) is 76.1 Å². The number of carbonyl (C=O) groups excluding carboxylic acids is 1. The van der Waals surface area contributed by atoms with Crippen LogP contribution in [-0.4, -0.2) is 74.8 Å². The van der Waals surface area contributed by atoms with E-state index in [1.54, 1.807) is 12.4 Å². The molecule has 0 aliphatic carbocycles. The lowest BCUT2D eigenvalue weighted by molar-refractivity contribution is -0.129. The Kier molecular flexibility index (Phi) is 15.0. The van der Waals surface area contributed by atoms with E-state index in [-0.39, 0.29) is 47.8 Å². The van der Waals surface area contributed by atoms with Crippen molar-refractivity contribution in [2.45, 2.75) is 51.6 Å². The number of hydrogen-bond donors (Lipinski definition) is 4. The van der Waals surface area contributed by atoms with Gasteiger partial charge in [0.05, 0.1) is 0 Å². The Balaban J connectivity index is 0.00000281. The second-order valence-corrected chi connectivity index (χ2v) is 13.0. The van der Waals surface area contributed by atoms with E-state index in [0.29, 0.717) is 54.7 Å². The van der Waals surface area contributed by atoms with Gasteiger partial charge in [0.15, 0.2) is 0 Å². The molecule has 268 valence electrons. The standard InChI is InChI=1S/C37H46N8O3.2ClH/c46-33(29-11-17-44(18-12-29)21-15-31-25-40-36(42-34(31)47)38-23-27-7-3-1-4-8-27)30-13-19-45(20-14-30)22-16-32-26-41-37(43-35(32)48)39-24-28-9-5-2-6-10-28;;/h1-10,25-26,29-30H,11-24H2,(H2,38,40,42,47)(H2,39,41,43,48);2*1H. The van der Waals surface area contributed by atoms with Crippen molar-refractivity contribution in [2.24, 2.45) is 11.8 Å². The van der Waals surface area contributed by atoms with Crippen LogP contribution < -0.4 is 21.8 Å². The van der Waals surface area contributed by atoms with E-state index < -0.39 is 0 Å². The van der Waals surface area contributed by atoms with Gasteiger partial charge in [0.2, 0.25) is 11.9 Å². The first-order valence-corrected chi connectivity index (χ1v) is 17.2. The van der Waals surface area contributed by atoms with Crippen LogP contribution in [0.3, 0.4) is 0 Å². The molecule has 2 aliphatic rings. The Labute approximate surface area is 305 Å². The molecule has 2 fully saturated rings. The molecule has 0 bridgehead atoms.